The van der Waals surface area contributed by atoms with E-state index in [4.69, 9.17) is 0 Å². The van der Waals surface area contributed by atoms with Crippen LogP contribution in [0.1, 0.15) is 13.3 Å². The van der Waals surface area contributed by atoms with Gasteiger partial charge in [0.2, 0.25) is 0 Å². The first-order valence-corrected chi connectivity index (χ1v) is 5.89. The van der Waals surface area contributed by atoms with E-state index in [0.717, 1.165) is 19.0 Å². The largest absolute Gasteiger partial charge is 0.371 e. The van der Waals surface area contributed by atoms with Crippen LogP contribution in [0, 0.1) is 11.6 Å². The number of hydrogen-bond donors (Lipinski definition) is 2. The van der Waals surface area contributed by atoms with Gasteiger partial charge in [-0.05, 0) is 34.0 Å². The summed E-state index contributed by atoms with van der Waals surface area (Å²) in [5, 5.41) is 5.53. The molecule has 102 valence electrons. The van der Waals surface area contributed by atoms with Crippen LogP contribution in [0.4, 0.5) is 20.4 Å². The fraction of sp³-hybridized carbons (Fsp3) is 0.583. The number of nitrogens with zero attached hydrogens (tertiary/aromatic N) is 2. The van der Waals surface area contributed by atoms with E-state index in [0.29, 0.717) is 0 Å². The highest BCUT2D eigenvalue weighted by atomic mass is 19.1. The Bertz CT molecular complexity index is 396. The third-order valence-electron chi connectivity index (χ3n) is 2.56. The molecule has 18 heavy (non-hydrogen) atoms. The number of halogens is 2. The first kappa shape index (κ1) is 14.6. The molecule has 1 unspecified atom stereocenters. The topological polar surface area (TPSA) is 40.2 Å². The van der Waals surface area contributed by atoms with E-state index in [-0.39, 0.29) is 17.7 Å². The summed E-state index contributed by atoms with van der Waals surface area (Å²) < 4.78 is 26.7. The lowest BCUT2D eigenvalue weighted by Crippen LogP contribution is -2.24. The van der Waals surface area contributed by atoms with Crippen LogP contribution >= 0.6 is 0 Å². The molecule has 0 aliphatic heterocycles. The Kier molecular flexibility index (Phi) is 5.27. The molecular formula is C12H20F2N4. The molecule has 0 amide bonds. The number of hydrogen-bond acceptors (Lipinski definition) is 4. The molecule has 4 nitrogen and oxygen atoms in total. The minimum Gasteiger partial charge on any atom is -0.371 e. The smallest absolute Gasteiger partial charge is 0.168 e. The second kappa shape index (κ2) is 6.49. The molecule has 1 rings (SSSR count). The van der Waals surface area contributed by atoms with E-state index in [1.807, 2.05) is 25.9 Å². The molecule has 2 N–H and O–H groups in total. The summed E-state index contributed by atoms with van der Waals surface area (Å²) in [7, 11) is 5.49. The predicted octanol–water partition coefficient (Wildman–Crippen LogP) is 2.15. The maximum absolute atomic E-state index is 13.5. The van der Waals surface area contributed by atoms with E-state index in [9.17, 15) is 8.78 Å². The van der Waals surface area contributed by atoms with Crippen molar-refractivity contribution in [3.05, 3.63) is 17.7 Å². The third kappa shape index (κ3) is 4.10. The van der Waals surface area contributed by atoms with Crippen LogP contribution in [-0.2, 0) is 0 Å². The highest BCUT2D eigenvalue weighted by Crippen LogP contribution is 2.19. The normalized spacial score (nSPS) is 12.6. The molecule has 0 aliphatic rings. The molecule has 0 fully saturated rings. The minimum absolute atomic E-state index is 0.0405. The Morgan fingerprint density at radius 3 is 2.44 bits per heavy atom. The molecule has 6 heteroatoms. The van der Waals surface area contributed by atoms with Gasteiger partial charge >= 0.3 is 0 Å². The Morgan fingerprint density at radius 2 is 1.89 bits per heavy atom. The lowest BCUT2D eigenvalue weighted by atomic mass is 10.2. The number of anilines is 2. The molecule has 0 spiro atoms. The first-order chi connectivity index (χ1) is 8.43. The van der Waals surface area contributed by atoms with Crippen LogP contribution in [0.5, 0.6) is 0 Å². The van der Waals surface area contributed by atoms with Gasteiger partial charge in [-0.2, -0.15) is 0 Å². The zero-order chi connectivity index (χ0) is 13.7. The first-order valence-electron chi connectivity index (χ1n) is 5.89. The zero-order valence-electron chi connectivity index (χ0n) is 11.2. The molecule has 0 bridgehead atoms. The van der Waals surface area contributed by atoms with Crippen molar-refractivity contribution < 1.29 is 8.78 Å². The van der Waals surface area contributed by atoms with E-state index < -0.39 is 11.6 Å². The van der Waals surface area contributed by atoms with Gasteiger partial charge in [-0.25, -0.2) is 13.8 Å². The number of rotatable bonds is 6. The van der Waals surface area contributed by atoms with Gasteiger partial charge in [0.25, 0.3) is 0 Å². The summed E-state index contributed by atoms with van der Waals surface area (Å²) in [6.45, 7) is 2.82. The summed E-state index contributed by atoms with van der Waals surface area (Å²) in [4.78, 5) is 5.92. The van der Waals surface area contributed by atoms with Gasteiger partial charge in [-0.15, -0.1) is 0 Å². The van der Waals surface area contributed by atoms with Gasteiger partial charge in [-0.3, -0.25) is 0 Å². The minimum atomic E-state index is -0.693. The van der Waals surface area contributed by atoms with Crippen molar-refractivity contribution in [3.8, 4) is 0 Å². The second-order valence-corrected chi connectivity index (χ2v) is 4.54. The SMILES string of the molecule is CNc1nc(NC(C)CCN(C)C)c(F)cc1F. The van der Waals surface area contributed by atoms with Crippen LogP contribution in [0.3, 0.4) is 0 Å². The molecular weight excluding hydrogens is 238 g/mol. The van der Waals surface area contributed by atoms with E-state index in [2.05, 4.69) is 15.6 Å². The van der Waals surface area contributed by atoms with Crippen LogP contribution in [0.15, 0.2) is 6.07 Å². The fourth-order valence-corrected chi connectivity index (χ4v) is 1.50. The molecule has 0 aliphatic carbocycles. The quantitative estimate of drug-likeness (QED) is 0.820. The van der Waals surface area contributed by atoms with Crippen molar-refractivity contribution in [3.63, 3.8) is 0 Å². The van der Waals surface area contributed by atoms with Crippen molar-refractivity contribution >= 4 is 11.6 Å². The average molecular weight is 258 g/mol. The number of aromatic nitrogens is 1. The van der Waals surface area contributed by atoms with Crippen molar-refractivity contribution in [2.75, 3.05) is 38.3 Å². The highest BCUT2D eigenvalue weighted by molar-refractivity contribution is 5.47. The number of pyridine rings is 1. The molecule has 1 heterocycles. The molecule has 1 aromatic rings. The molecule has 0 aromatic carbocycles. The summed E-state index contributed by atoms with van der Waals surface area (Å²) >= 11 is 0. The van der Waals surface area contributed by atoms with Crippen molar-refractivity contribution in [1.82, 2.24) is 9.88 Å². The van der Waals surface area contributed by atoms with Crippen LogP contribution in [-0.4, -0.2) is 43.6 Å². The number of nitrogens with one attached hydrogen (secondary N) is 2. The van der Waals surface area contributed by atoms with Crippen LogP contribution in [0.2, 0.25) is 0 Å². The highest BCUT2D eigenvalue weighted by Gasteiger charge is 2.13. The van der Waals surface area contributed by atoms with E-state index in [1.165, 1.54) is 0 Å². The lowest BCUT2D eigenvalue weighted by molar-refractivity contribution is 0.390. The average Bonchev–Trinajstić information content (AvgIpc) is 2.30. The van der Waals surface area contributed by atoms with Gasteiger partial charge in [-0.1, -0.05) is 0 Å². The van der Waals surface area contributed by atoms with Crippen LogP contribution < -0.4 is 10.6 Å². The van der Waals surface area contributed by atoms with Gasteiger partial charge in [0, 0.05) is 19.2 Å². The molecule has 1 aromatic heterocycles. The van der Waals surface area contributed by atoms with Crippen LogP contribution in [0.25, 0.3) is 0 Å². The monoisotopic (exact) mass is 258 g/mol. The van der Waals surface area contributed by atoms with Gasteiger partial charge in [0.15, 0.2) is 23.3 Å². The maximum Gasteiger partial charge on any atom is 0.168 e. The lowest BCUT2D eigenvalue weighted by Gasteiger charge is -2.18. The molecule has 0 radical (unpaired) electrons. The zero-order valence-corrected chi connectivity index (χ0v) is 11.2. The molecule has 0 saturated carbocycles. The van der Waals surface area contributed by atoms with Gasteiger partial charge < -0.3 is 15.5 Å². The van der Waals surface area contributed by atoms with E-state index >= 15 is 0 Å². The summed E-state index contributed by atoms with van der Waals surface area (Å²) in [5.74, 6) is -1.25. The molecule has 1 atom stereocenters. The van der Waals surface area contributed by atoms with Crippen molar-refractivity contribution in [2.45, 2.75) is 19.4 Å². The Morgan fingerprint density at radius 1 is 1.28 bits per heavy atom. The third-order valence-corrected chi connectivity index (χ3v) is 2.56. The Hall–Kier alpha value is -1.43. The molecule has 0 saturated heterocycles. The Labute approximate surface area is 106 Å². The predicted molar refractivity (Wildman–Crippen MR) is 70.0 cm³/mol. The van der Waals surface area contributed by atoms with E-state index in [1.54, 1.807) is 7.05 Å². The van der Waals surface area contributed by atoms with Gasteiger partial charge in [0.05, 0.1) is 0 Å². The van der Waals surface area contributed by atoms with Gasteiger partial charge in [0.1, 0.15) is 0 Å². The fourth-order valence-electron chi connectivity index (χ4n) is 1.50. The summed E-state index contributed by atoms with van der Waals surface area (Å²) in [6.07, 6.45) is 0.848. The van der Waals surface area contributed by atoms with Crippen molar-refractivity contribution in [1.29, 1.82) is 0 Å². The summed E-state index contributed by atoms with van der Waals surface area (Å²) in [5.41, 5.74) is 0. The Balaban J connectivity index is 2.71. The summed E-state index contributed by atoms with van der Waals surface area (Å²) in [6, 6.07) is 0.893. The maximum atomic E-state index is 13.5. The standard InChI is InChI=1S/C12H20F2N4/c1-8(5-6-18(3)4)16-12-10(14)7-9(13)11(15-2)17-12/h7-8H,5-6H2,1-4H3,(H2,15,16,17). The second-order valence-electron chi connectivity index (χ2n) is 4.54. The van der Waals surface area contributed by atoms with Crippen molar-refractivity contribution in [2.24, 2.45) is 0 Å².